The number of nitrogens with zero attached hydrogens (tertiary/aromatic N) is 2. The number of nitrogens with one attached hydrogen (secondary N) is 1. The molecule has 5 heteroatoms. The molecule has 5 nitrogen and oxygen atoms in total. The molecule has 21 heavy (non-hydrogen) atoms. The van der Waals surface area contributed by atoms with Crippen molar-refractivity contribution in [1.29, 1.82) is 0 Å². The number of hydrogen-bond acceptors (Lipinski definition) is 5. The summed E-state index contributed by atoms with van der Waals surface area (Å²) in [6.07, 6.45) is 0.904. The second-order valence-corrected chi connectivity index (χ2v) is 4.93. The number of aryl methyl sites for hydroxylation is 1. The van der Waals surface area contributed by atoms with Crippen LogP contribution >= 0.6 is 0 Å². The first-order valence-electron chi connectivity index (χ1n) is 7.26. The maximum Gasteiger partial charge on any atom is 0.161 e. The standard InChI is InChI=1S/C16H19N3O2/c1-3-17-16-10-13(18-11(2)19-16)12-5-6-14-15(9-12)21-8-4-7-20-14/h5-6,9-10H,3-4,7-8H2,1-2H3,(H,17,18,19). The summed E-state index contributed by atoms with van der Waals surface area (Å²) in [4.78, 5) is 8.88. The third-order valence-electron chi connectivity index (χ3n) is 3.24. The van der Waals surface area contributed by atoms with Crippen LogP contribution in [0.15, 0.2) is 24.3 Å². The van der Waals surface area contributed by atoms with E-state index in [2.05, 4.69) is 15.3 Å². The van der Waals surface area contributed by atoms with Crippen LogP contribution < -0.4 is 14.8 Å². The van der Waals surface area contributed by atoms with E-state index < -0.39 is 0 Å². The van der Waals surface area contributed by atoms with Gasteiger partial charge >= 0.3 is 0 Å². The Labute approximate surface area is 124 Å². The van der Waals surface area contributed by atoms with Crippen LogP contribution in [0.1, 0.15) is 19.2 Å². The molecule has 0 spiro atoms. The van der Waals surface area contributed by atoms with E-state index in [9.17, 15) is 0 Å². The first kappa shape index (κ1) is 13.7. The van der Waals surface area contributed by atoms with Crippen LogP contribution in [0.25, 0.3) is 11.3 Å². The van der Waals surface area contributed by atoms with E-state index in [1.807, 2.05) is 38.1 Å². The highest BCUT2D eigenvalue weighted by Crippen LogP contribution is 2.34. The molecule has 1 aliphatic heterocycles. The van der Waals surface area contributed by atoms with Crippen molar-refractivity contribution in [3.8, 4) is 22.8 Å². The molecule has 0 radical (unpaired) electrons. The Morgan fingerprint density at radius 1 is 1.10 bits per heavy atom. The lowest BCUT2D eigenvalue weighted by atomic mass is 10.1. The van der Waals surface area contributed by atoms with Crippen LogP contribution in [0.5, 0.6) is 11.5 Å². The second kappa shape index (κ2) is 5.99. The molecule has 1 aliphatic rings. The van der Waals surface area contributed by atoms with Crippen molar-refractivity contribution in [2.24, 2.45) is 0 Å². The van der Waals surface area contributed by atoms with Gasteiger partial charge in [-0.3, -0.25) is 0 Å². The smallest absolute Gasteiger partial charge is 0.161 e. The predicted molar refractivity (Wildman–Crippen MR) is 82.0 cm³/mol. The molecule has 0 saturated heterocycles. The van der Waals surface area contributed by atoms with E-state index >= 15 is 0 Å². The topological polar surface area (TPSA) is 56.3 Å². The normalized spacial score (nSPS) is 13.6. The zero-order valence-corrected chi connectivity index (χ0v) is 12.3. The van der Waals surface area contributed by atoms with Gasteiger partial charge in [-0.05, 0) is 32.0 Å². The van der Waals surface area contributed by atoms with Gasteiger partial charge < -0.3 is 14.8 Å². The largest absolute Gasteiger partial charge is 0.490 e. The molecular formula is C16H19N3O2. The van der Waals surface area contributed by atoms with Gasteiger partial charge in [0, 0.05) is 24.6 Å². The summed E-state index contributed by atoms with van der Waals surface area (Å²) in [5.74, 6) is 3.17. The fourth-order valence-electron chi connectivity index (χ4n) is 2.31. The van der Waals surface area contributed by atoms with Gasteiger partial charge in [0.1, 0.15) is 11.6 Å². The van der Waals surface area contributed by atoms with Crippen LogP contribution in [-0.2, 0) is 0 Å². The summed E-state index contributed by atoms with van der Waals surface area (Å²) < 4.78 is 11.4. The maximum atomic E-state index is 5.73. The van der Waals surface area contributed by atoms with Crippen LogP contribution in [0.4, 0.5) is 5.82 Å². The van der Waals surface area contributed by atoms with Crippen molar-refractivity contribution in [3.05, 3.63) is 30.1 Å². The highest BCUT2D eigenvalue weighted by molar-refractivity contribution is 5.66. The fraction of sp³-hybridized carbons (Fsp3) is 0.375. The Balaban J connectivity index is 1.98. The number of aromatic nitrogens is 2. The molecule has 0 saturated carbocycles. The van der Waals surface area contributed by atoms with E-state index in [1.165, 1.54) is 0 Å². The average Bonchev–Trinajstić information content (AvgIpc) is 2.71. The van der Waals surface area contributed by atoms with Crippen molar-refractivity contribution in [1.82, 2.24) is 9.97 Å². The molecule has 3 rings (SSSR count). The van der Waals surface area contributed by atoms with Crippen LogP contribution in [0.3, 0.4) is 0 Å². The van der Waals surface area contributed by atoms with E-state index in [0.717, 1.165) is 47.4 Å². The Morgan fingerprint density at radius 3 is 2.71 bits per heavy atom. The Bertz CT molecular complexity index is 643. The minimum absolute atomic E-state index is 0.682. The molecule has 0 aliphatic carbocycles. The van der Waals surface area contributed by atoms with Crippen LogP contribution in [0.2, 0.25) is 0 Å². The molecule has 0 atom stereocenters. The van der Waals surface area contributed by atoms with Crippen molar-refractivity contribution in [2.75, 3.05) is 25.1 Å². The molecule has 0 fully saturated rings. The fourth-order valence-corrected chi connectivity index (χ4v) is 2.31. The van der Waals surface area contributed by atoms with Gasteiger partial charge in [0.2, 0.25) is 0 Å². The molecule has 2 aromatic rings. The minimum atomic E-state index is 0.682. The first-order chi connectivity index (χ1) is 10.3. The molecule has 2 heterocycles. The highest BCUT2D eigenvalue weighted by atomic mass is 16.5. The molecule has 1 N–H and O–H groups in total. The number of fused-ring (bicyclic) bond motifs is 1. The Kier molecular flexibility index (Phi) is 3.90. The van der Waals surface area contributed by atoms with Gasteiger partial charge in [-0.25, -0.2) is 9.97 Å². The van der Waals surface area contributed by atoms with E-state index in [4.69, 9.17) is 9.47 Å². The number of ether oxygens (including phenoxy) is 2. The van der Waals surface area contributed by atoms with Gasteiger partial charge in [0.05, 0.1) is 18.9 Å². The zero-order chi connectivity index (χ0) is 14.7. The third-order valence-corrected chi connectivity index (χ3v) is 3.24. The minimum Gasteiger partial charge on any atom is -0.490 e. The molecule has 1 aromatic heterocycles. The lowest BCUT2D eigenvalue weighted by molar-refractivity contribution is 0.297. The maximum absolute atomic E-state index is 5.73. The molecule has 110 valence electrons. The highest BCUT2D eigenvalue weighted by Gasteiger charge is 2.12. The summed E-state index contributed by atoms with van der Waals surface area (Å²) in [7, 11) is 0. The number of anilines is 1. The third kappa shape index (κ3) is 3.07. The molecular weight excluding hydrogens is 266 g/mol. The summed E-state index contributed by atoms with van der Waals surface area (Å²) in [6.45, 7) is 6.15. The monoisotopic (exact) mass is 285 g/mol. The number of rotatable bonds is 3. The summed E-state index contributed by atoms with van der Waals surface area (Å²) >= 11 is 0. The summed E-state index contributed by atoms with van der Waals surface area (Å²) in [6, 6.07) is 7.89. The predicted octanol–water partition coefficient (Wildman–Crippen LogP) is 3.05. The second-order valence-electron chi connectivity index (χ2n) is 4.93. The quantitative estimate of drug-likeness (QED) is 0.939. The van der Waals surface area contributed by atoms with E-state index in [0.29, 0.717) is 13.2 Å². The molecule has 0 unspecified atom stereocenters. The van der Waals surface area contributed by atoms with Gasteiger partial charge in [-0.15, -0.1) is 0 Å². The lowest BCUT2D eigenvalue weighted by Crippen LogP contribution is -2.02. The zero-order valence-electron chi connectivity index (χ0n) is 12.3. The van der Waals surface area contributed by atoms with Gasteiger partial charge in [0.25, 0.3) is 0 Å². The van der Waals surface area contributed by atoms with Crippen molar-refractivity contribution < 1.29 is 9.47 Å². The molecule has 0 bridgehead atoms. The summed E-state index contributed by atoms with van der Waals surface area (Å²) in [5.41, 5.74) is 1.89. The lowest BCUT2D eigenvalue weighted by Gasteiger charge is -2.10. The van der Waals surface area contributed by atoms with Crippen LogP contribution in [0, 0.1) is 6.92 Å². The molecule has 1 aromatic carbocycles. The number of benzene rings is 1. The SMILES string of the molecule is CCNc1cc(-c2ccc3c(c2)OCCCO3)nc(C)n1. The van der Waals surface area contributed by atoms with Crippen molar-refractivity contribution in [2.45, 2.75) is 20.3 Å². The van der Waals surface area contributed by atoms with Crippen molar-refractivity contribution in [3.63, 3.8) is 0 Å². The summed E-state index contributed by atoms with van der Waals surface area (Å²) in [5, 5.41) is 3.22. The van der Waals surface area contributed by atoms with Gasteiger partial charge in [0.15, 0.2) is 11.5 Å². The van der Waals surface area contributed by atoms with Gasteiger partial charge in [-0.1, -0.05) is 0 Å². The van der Waals surface area contributed by atoms with Gasteiger partial charge in [-0.2, -0.15) is 0 Å². The first-order valence-corrected chi connectivity index (χ1v) is 7.26. The van der Waals surface area contributed by atoms with Crippen molar-refractivity contribution >= 4 is 5.82 Å². The molecule has 0 amide bonds. The Morgan fingerprint density at radius 2 is 1.90 bits per heavy atom. The number of hydrogen-bond donors (Lipinski definition) is 1. The average molecular weight is 285 g/mol. The Hall–Kier alpha value is -2.30. The van der Waals surface area contributed by atoms with E-state index in [1.54, 1.807) is 0 Å². The van der Waals surface area contributed by atoms with Crippen LogP contribution in [-0.4, -0.2) is 29.7 Å². The van der Waals surface area contributed by atoms with E-state index in [-0.39, 0.29) is 0 Å².